The van der Waals surface area contributed by atoms with Crippen LogP contribution in [0.4, 0.5) is 0 Å². The highest BCUT2D eigenvalue weighted by atomic mass is 16.3. The van der Waals surface area contributed by atoms with Crippen LogP contribution in [0.15, 0.2) is 24.3 Å². The number of nitrogens with one attached hydrogen (secondary N) is 1. The topological polar surface area (TPSA) is 110 Å². The number of rotatable bonds is 40. The summed E-state index contributed by atoms with van der Waals surface area (Å²) in [7, 11) is 0. The number of hydrogen-bond acceptors (Lipinski definition) is 5. The van der Waals surface area contributed by atoms with E-state index in [0.717, 1.165) is 44.9 Å². The molecule has 0 aliphatic heterocycles. The number of amides is 1. The first-order chi connectivity index (χ1) is 25.0. The molecule has 4 unspecified atom stereocenters. The molecule has 4 atom stereocenters. The summed E-state index contributed by atoms with van der Waals surface area (Å²) in [5.74, 6) is -0.588. The van der Waals surface area contributed by atoms with Gasteiger partial charge in [-0.2, -0.15) is 0 Å². The SMILES string of the molecule is CCCCCCCCCCC/C=C\C/C=C\CCCCCCCCCCCCC(O)C(=O)NC(CO)C(O)C(O)CCCCCCCCCCC. The van der Waals surface area contributed by atoms with Gasteiger partial charge >= 0.3 is 0 Å². The lowest BCUT2D eigenvalue weighted by atomic mass is 9.99. The van der Waals surface area contributed by atoms with Crippen molar-refractivity contribution in [3.05, 3.63) is 24.3 Å². The van der Waals surface area contributed by atoms with Gasteiger partial charge in [-0.25, -0.2) is 0 Å². The predicted octanol–water partition coefficient (Wildman–Crippen LogP) is 11.6. The Labute approximate surface area is 316 Å². The van der Waals surface area contributed by atoms with E-state index in [1.165, 1.54) is 154 Å². The van der Waals surface area contributed by atoms with Crippen molar-refractivity contribution in [3.8, 4) is 0 Å². The van der Waals surface area contributed by atoms with Gasteiger partial charge in [0.25, 0.3) is 0 Å². The summed E-state index contributed by atoms with van der Waals surface area (Å²) in [5, 5.41) is 43.5. The van der Waals surface area contributed by atoms with Gasteiger partial charge in [0.05, 0.1) is 18.8 Å². The normalized spacial score (nSPS) is 14.4. The van der Waals surface area contributed by atoms with E-state index in [1.54, 1.807) is 0 Å². The van der Waals surface area contributed by atoms with Gasteiger partial charge in [-0.05, 0) is 44.9 Å². The summed E-state index contributed by atoms with van der Waals surface area (Å²) in [6.07, 6.45) is 45.1. The van der Waals surface area contributed by atoms with Crippen LogP contribution in [0.1, 0.15) is 226 Å². The minimum absolute atomic E-state index is 0.366. The van der Waals surface area contributed by atoms with E-state index in [4.69, 9.17) is 0 Å². The van der Waals surface area contributed by atoms with E-state index in [1.807, 2.05) is 0 Å². The molecule has 1 amide bonds. The molecule has 0 spiro atoms. The number of unbranched alkanes of at least 4 members (excludes halogenated alkanes) is 27. The number of aliphatic hydroxyl groups is 4. The molecule has 0 fully saturated rings. The molecule has 0 bridgehead atoms. The molecular weight excluding hydrogens is 634 g/mol. The maximum absolute atomic E-state index is 12.5. The molecule has 0 aliphatic rings. The second kappa shape index (κ2) is 40.0. The van der Waals surface area contributed by atoms with E-state index >= 15 is 0 Å². The van der Waals surface area contributed by atoms with Gasteiger partial charge in [-0.1, -0.05) is 205 Å². The van der Waals surface area contributed by atoms with Crippen LogP contribution in [0.5, 0.6) is 0 Å². The number of carbonyl (C=O) groups is 1. The minimum atomic E-state index is -1.26. The summed E-state index contributed by atoms with van der Waals surface area (Å²) in [6.45, 7) is 4.02. The van der Waals surface area contributed by atoms with Crippen molar-refractivity contribution in [2.45, 2.75) is 250 Å². The molecule has 0 saturated heterocycles. The van der Waals surface area contributed by atoms with Gasteiger partial charge < -0.3 is 25.7 Å². The van der Waals surface area contributed by atoms with Crippen LogP contribution in [-0.4, -0.2) is 57.3 Å². The molecule has 51 heavy (non-hydrogen) atoms. The molecule has 302 valence electrons. The highest BCUT2D eigenvalue weighted by Crippen LogP contribution is 2.16. The smallest absolute Gasteiger partial charge is 0.249 e. The zero-order valence-electron chi connectivity index (χ0n) is 33.9. The molecule has 0 rings (SSSR count). The van der Waals surface area contributed by atoms with Crippen molar-refractivity contribution >= 4 is 5.91 Å². The lowest BCUT2D eigenvalue weighted by Crippen LogP contribution is -2.53. The largest absolute Gasteiger partial charge is 0.394 e. The first-order valence-corrected chi connectivity index (χ1v) is 22.2. The molecule has 6 nitrogen and oxygen atoms in total. The second-order valence-electron chi connectivity index (χ2n) is 15.4. The fourth-order valence-corrected chi connectivity index (χ4v) is 6.85. The van der Waals surface area contributed by atoms with E-state index in [2.05, 4.69) is 43.5 Å². The maximum atomic E-state index is 12.5. The molecule has 0 aromatic heterocycles. The Hall–Kier alpha value is -1.21. The van der Waals surface area contributed by atoms with Crippen LogP contribution in [0.3, 0.4) is 0 Å². The molecular formula is C45H87NO5. The molecule has 0 radical (unpaired) electrons. The van der Waals surface area contributed by atoms with Crippen molar-refractivity contribution in [1.29, 1.82) is 0 Å². The van der Waals surface area contributed by atoms with E-state index in [-0.39, 0.29) is 0 Å². The third kappa shape index (κ3) is 34.3. The average Bonchev–Trinajstić information content (AvgIpc) is 3.13. The van der Waals surface area contributed by atoms with Gasteiger partial charge in [0.15, 0.2) is 0 Å². The van der Waals surface area contributed by atoms with Crippen LogP contribution < -0.4 is 5.32 Å². The highest BCUT2D eigenvalue weighted by Gasteiger charge is 2.28. The first-order valence-electron chi connectivity index (χ1n) is 22.2. The highest BCUT2D eigenvalue weighted by molar-refractivity contribution is 5.80. The van der Waals surface area contributed by atoms with Gasteiger partial charge in [-0.15, -0.1) is 0 Å². The summed E-state index contributed by atoms with van der Waals surface area (Å²) in [5.41, 5.74) is 0. The standard InChI is InChI=1S/C45H87NO5/c1-3-5-7-9-11-13-14-15-16-17-18-19-20-21-22-23-24-25-26-27-28-29-31-33-35-37-39-43(49)45(51)46-41(40-47)44(50)42(48)38-36-34-32-30-12-10-8-6-4-2/h18-19,21-22,41-44,47-50H,3-17,20,23-40H2,1-2H3,(H,46,51)/b19-18-,22-21-. The Morgan fingerprint density at radius 1 is 0.490 bits per heavy atom. The minimum Gasteiger partial charge on any atom is -0.394 e. The fraction of sp³-hybridized carbons (Fsp3) is 0.889. The molecule has 0 heterocycles. The van der Waals surface area contributed by atoms with Crippen LogP contribution in [0.2, 0.25) is 0 Å². The van der Waals surface area contributed by atoms with Crippen molar-refractivity contribution < 1.29 is 25.2 Å². The molecule has 0 saturated carbocycles. The lowest BCUT2D eigenvalue weighted by Gasteiger charge is -2.27. The van der Waals surface area contributed by atoms with Crippen LogP contribution in [0.25, 0.3) is 0 Å². The quantitative estimate of drug-likeness (QED) is 0.0320. The number of aliphatic hydroxyl groups excluding tert-OH is 4. The average molecular weight is 722 g/mol. The Morgan fingerprint density at radius 3 is 1.24 bits per heavy atom. The summed E-state index contributed by atoms with van der Waals surface area (Å²) < 4.78 is 0. The monoisotopic (exact) mass is 722 g/mol. The summed E-state index contributed by atoms with van der Waals surface area (Å²) >= 11 is 0. The molecule has 5 N–H and O–H groups in total. The van der Waals surface area contributed by atoms with Crippen molar-refractivity contribution in [1.82, 2.24) is 5.32 Å². The predicted molar refractivity (Wildman–Crippen MR) is 219 cm³/mol. The molecule has 6 heteroatoms. The third-order valence-electron chi connectivity index (χ3n) is 10.4. The third-order valence-corrected chi connectivity index (χ3v) is 10.4. The number of allylic oxidation sites excluding steroid dienone is 4. The van der Waals surface area contributed by atoms with Crippen molar-refractivity contribution in [3.63, 3.8) is 0 Å². The van der Waals surface area contributed by atoms with Crippen molar-refractivity contribution in [2.24, 2.45) is 0 Å². The number of hydrogen-bond donors (Lipinski definition) is 5. The van der Waals surface area contributed by atoms with Gasteiger partial charge in [0.2, 0.25) is 5.91 Å². The van der Waals surface area contributed by atoms with E-state index < -0.39 is 36.9 Å². The zero-order valence-corrected chi connectivity index (χ0v) is 33.9. The second-order valence-corrected chi connectivity index (χ2v) is 15.4. The van der Waals surface area contributed by atoms with Gasteiger partial charge in [-0.3, -0.25) is 4.79 Å². The number of carbonyl (C=O) groups excluding carboxylic acids is 1. The van der Waals surface area contributed by atoms with Crippen molar-refractivity contribution in [2.75, 3.05) is 6.61 Å². The fourth-order valence-electron chi connectivity index (χ4n) is 6.85. The molecule has 0 aromatic carbocycles. The Bertz CT molecular complexity index is 772. The lowest BCUT2D eigenvalue weighted by molar-refractivity contribution is -0.132. The van der Waals surface area contributed by atoms with Gasteiger partial charge in [0.1, 0.15) is 12.2 Å². The maximum Gasteiger partial charge on any atom is 0.249 e. The molecule has 0 aliphatic carbocycles. The summed E-state index contributed by atoms with van der Waals surface area (Å²) in [6, 6.07) is -0.983. The molecule has 0 aromatic rings. The summed E-state index contributed by atoms with van der Waals surface area (Å²) in [4.78, 5) is 12.5. The zero-order chi connectivity index (χ0) is 37.5. The van der Waals surface area contributed by atoms with E-state index in [9.17, 15) is 25.2 Å². The Morgan fingerprint density at radius 2 is 0.843 bits per heavy atom. The van der Waals surface area contributed by atoms with Crippen LogP contribution in [-0.2, 0) is 4.79 Å². The Kier molecular flexibility index (Phi) is 39.0. The van der Waals surface area contributed by atoms with Crippen LogP contribution >= 0.6 is 0 Å². The van der Waals surface area contributed by atoms with Gasteiger partial charge in [0, 0.05) is 0 Å². The first kappa shape index (κ1) is 49.8. The van der Waals surface area contributed by atoms with Crippen LogP contribution in [0, 0.1) is 0 Å². The van der Waals surface area contributed by atoms with E-state index in [0.29, 0.717) is 12.8 Å². The Balaban J connectivity index is 3.65.